The van der Waals surface area contributed by atoms with Crippen molar-refractivity contribution in [1.29, 1.82) is 0 Å². The lowest BCUT2D eigenvalue weighted by Crippen LogP contribution is -2.07. The second kappa shape index (κ2) is 4.65. The molecule has 0 fully saturated rings. The van der Waals surface area contributed by atoms with Crippen LogP contribution in [0.4, 0.5) is 13.2 Å². The molecule has 0 radical (unpaired) electrons. The molecular formula is C12H9ClF3NO. The normalized spacial score (nSPS) is 11.8. The molecular weight excluding hydrogens is 267 g/mol. The molecule has 6 heteroatoms. The monoisotopic (exact) mass is 275 g/mol. The Balaban J connectivity index is 2.56. The van der Waals surface area contributed by atoms with Crippen LogP contribution in [0.2, 0.25) is 0 Å². The number of aromatic nitrogens is 1. The first-order valence-corrected chi connectivity index (χ1v) is 5.65. The van der Waals surface area contributed by atoms with Gasteiger partial charge in [-0.1, -0.05) is 22.9 Å². The van der Waals surface area contributed by atoms with E-state index in [-0.39, 0.29) is 17.1 Å². The topological polar surface area (TPSA) is 26.0 Å². The lowest BCUT2D eigenvalue weighted by molar-refractivity contribution is -0.137. The number of alkyl halides is 4. The second-order valence-electron chi connectivity index (χ2n) is 3.86. The largest absolute Gasteiger partial charge is 0.417 e. The Bertz CT molecular complexity index is 563. The first-order chi connectivity index (χ1) is 8.41. The molecule has 0 amide bonds. The van der Waals surface area contributed by atoms with Gasteiger partial charge < -0.3 is 4.52 Å². The van der Waals surface area contributed by atoms with E-state index in [1.54, 1.807) is 13.0 Å². The van der Waals surface area contributed by atoms with Crippen molar-refractivity contribution in [3.8, 4) is 11.3 Å². The summed E-state index contributed by atoms with van der Waals surface area (Å²) in [5.41, 5.74) is -0.0600. The van der Waals surface area contributed by atoms with Crippen molar-refractivity contribution in [2.75, 3.05) is 0 Å². The molecule has 1 aromatic carbocycles. The van der Waals surface area contributed by atoms with Crippen LogP contribution in [0.1, 0.15) is 16.9 Å². The summed E-state index contributed by atoms with van der Waals surface area (Å²) in [6.45, 7) is 1.60. The third kappa shape index (κ3) is 2.51. The quantitative estimate of drug-likeness (QED) is 0.759. The van der Waals surface area contributed by atoms with Crippen LogP contribution in [0.3, 0.4) is 0 Å². The fourth-order valence-electron chi connectivity index (χ4n) is 1.62. The summed E-state index contributed by atoms with van der Waals surface area (Å²) >= 11 is 5.53. The number of halogens is 4. The van der Waals surface area contributed by atoms with Crippen molar-refractivity contribution in [3.05, 3.63) is 41.2 Å². The fourth-order valence-corrected chi connectivity index (χ4v) is 1.74. The summed E-state index contributed by atoms with van der Waals surface area (Å²) < 4.78 is 43.6. The first-order valence-electron chi connectivity index (χ1n) is 5.11. The first kappa shape index (κ1) is 13.0. The van der Waals surface area contributed by atoms with Gasteiger partial charge in [-0.05, 0) is 13.0 Å². The minimum atomic E-state index is -4.43. The van der Waals surface area contributed by atoms with E-state index in [1.807, 2.05) is 0 Å². The highest BCUT2D eigenvalue weighted by Gasteiger charge is 2.34. The average molecular weight is 276 g/mol. The molecule has 1 aromatic heterocycles. The highest BCUT2D eigenvalue weighted by Crippen LogP contribution is 2.37. The predicted octanol–water partition coefficient (Wildman–Crippen LogP) is 4.41. The molecule has 0 unspecified atom stereocenters. The van der Waals surface area contributed by atoms with Crippen LogP contribution in [0, 0.1) is 6.92 Å². The van der Waals surface area contributed by atoms with Crippen LogP contribution in [0.5, 0.6) is 0 Å². The van der Waals surface area contributed by atoms with E-state index in [1.165, 1.54) is 12.1 Å². The molecule has 0 spiro atoms. The van der Waals surface area contributed by atoms with Crippen molar-refractivity contribution >= 4 is 11.6 Å². The Morgan fingerprint density at radius 3 is 2.56 bits per heavy atom. The SMILES string of the molecule is Cc1ccc(-c2cc(CCl)on2)c(C(F)(F)F)c1. The van der Waals surface area contributed by atoms with E-state index >= 15 is 0 Å². The zero-order valence-electron chi connectivity index (χ0n) is 9.38. The lowest BCUT2D eigenvalue weighted by atomic mass is 10.0. The highest BCUT2D eigenvalue weighted by atomic mass is 35.5. The molecule has 0 bridgehead atoms. The summed E-state index contributed by atoms with van der Waals surface area (Å²) in [7, 11) is 0. The van der Waals surface area contributed by atoms with Crippen LogP contribution >= 0.6 is 11.6 Å². The van der Waals surface area contributed by atoms with Crippen LogP contribution in [0.15, 0.2) is 28.8 Å². The molecule has 0 N–H and O–H groups in total. The van der Waals surface area contributed by atoms with Crippen molar-refractivity contribution < 1.29 is 17.7 Å². The molecule has 0 aliphatic carbocycles. The average Bonchev–Trinajstić information content (AvgIpc) is 2.76. The van der Waals surface area contributed by atoms with Crippen molar-refractivity contribution in [2.24, 2.45) is 0 Å². The molecule has 0 saturated carbocycles. The Labute approximate surface area is 106 Å². The Morgan fingerprint density at radius 2 is 2.00 bits per heavy atom. The number of hydrogen-bond acceptors (Lipinski definition) is 2. The molecule has 0 aliphatic heterocycles. The molecule has 2 nitrogen and oxygen atoms in total. The maximum absolute atomic E-state index is 12.9. The van der Waals surface area contributed by atoms with Gasteiger partial charge in [0, 0.05) is 11.6 Å². The Kier molecular flexibility index (Phi) is 3.34. The van der Waals surface area contributed by atoms with Crippen molar-refractivity contribution in [2.45, 2.75) is 19.0 Å². The highest BCUT2D eigenvalue weighted by molar-refractivity contribution is 6.16. The van der Waals surface area contributed by atoms with Crippen molar-refractivity contribution in [3.63, 3.8) is 0 Å². The van der Waals surface area contributed by atoms with E-state index < -0.39 is 11.7 Å². The Morgan fingerprint density at radius 1 is 1.28 bits per heavy atom. The standard InChI is InChI=1S/C12H9ClF3NO/c1-7-2-3-9(10(4-7)12(14,15)16)11-5-8(6-13)18-17-11/h2-5H,6H2,1H3. The predicted molar refractivity (Wildman–Crippen MR) is 61.2 cm³/mol. The number of rotatable bonds is 2. The van der Waals surface area contributed by atoms with Gasteiger partial charge in [-0.25, -0.2) is 0 Å². The third-order valence-corrected chi connectivity index (χ3v) is 2.71. The van der Waals surface area contributed by atoms with E-state index in [0.717, 1.165) is 6.07 Å². The molecule has 0 atom stereocenters. The maximum Gasteiger partial charge on any atom is 0.417 e. The minimum Gasteiger partial charge on any atom is -0.359 e. The van der Waals surface area contributed by atoms with E-state index in [4.69, 9.17) is 16.1 Å². The van der Waals surface area contributed by atoms with E-state index in [0.29, 0.717) is 11.3 Å². The van der Waals surface area contributed by atoms with Gasteiger partial charge in [-0.3, -0.25) is 0 Å². The van der Waals surface area contributed by atoms with Gasteiger partial charge in [-0.15, -0.1) is 11.6 Å². The summed E-state index contributed by atoms with van der Waals surface area (Å²) in [6, 6.07) is 5.48. The second-order valence-corrected chi connectivity index (χ2v) is 4.13. The summed E-state index contributed by atoms with van der Waals surface area (Å²) in [5.74, 6) is 0.403. The smallest absolute Gasteiger partial charge is 0.359 e. The van der Waals surface area contributed by atoms with Crippen LogP contribution in [-0.2, 0) is 12.1 Å². The van der Waals surface area contributed by atoms with Crippen LogP contribution < -0.4 is 0 Å². The lowest BCUT2D eigenvalue weighted by Gasteiger charge is -2.11. The minimum absolute atomic E-state index is 0.00628. The van der Waals surface area contributed by atoms with Gasteiger partial charge in [0.15, 0.2) is 5.76 Å². The van der Waals surface area contributed by atoms with E-state index in [2.05, 4.69) is 5.16 Å². The number of nitrogens with zero attached hydrogens (tertiary/aromatic N) is 1. The molecule has 1 heterocycles. The van der Waals surface area contributed by atoms with E-state index in [9.17, 15) is 13.2 Å². The van der Waals surface area contributed by atoms with Gasteiger partial charge in [0.25, 0.3) is 0 Å². The summed E-state index contributed by atoms with van der Waals surface area (Å²) in [4.78, 5) is 0. The molecule has 96 valence electrons. The van der Waals surface area contributed by atoms with Crippen LogP contribution in [-0.4, -0.2) is 5.16 Å². The molecule has 0 aliphatic rings. The maximum atomic E-state index is 12.9. The van der Waals surface area contributed by atoms with Crippen LogP contribution in [0.25, 0.3) is 11.3 Å². The fraction of sp³-hybridized carbons (Fsp3) is 0.250. The molecule has 2 rings (SSSR count). The van der Waals surface area contributed by atoms with Gasteiger partial charge in [0.05, 0.1) is 11.4 Å². The van der Waals surface area contributed by atoms with Gasteiger partial charge >= 0.3 is 6.18 Å². The summed E-state index contributed by atoms with van der Waals surface area (Å²) in [6.07, 6.45) is -4.43. The van der Waals surface area contributed by atoms with Gasteiger partial charge in [-0.2, -0.15) is 13.2 Å². The molecule has 18 heavy (non-hydrogen) atoms. The number of benzene rings is 1. The number of aryl methyl sites for hydroxylation is 1. The third-order valence-electron chi connectivity index (χ3n) is 2.45. The molecule has 0 saturated heterocycles. The zero-order valence-corrected chi connectivity index (χ0v) is 10.1. The molecule has 2 aromatic rings. The van der Waals surface area contributed by atoms with Gasteiger partial charge in [0.1, 0.15) is 5.69 Å². The van der Waals surface area contributed by atoms with Crippen molar-refractivity contribution in [1.82, 2.24) is 5.16 Å². The zero-order chi connectivity index (χ0) is 13.3. The number of hydrogen-bond donors (Lipinski definition) is 0. The summed E-state index contributed by atoms with van der Waals surface area (Å²) in [5, 5.41) is 3.60. The van der Waals surface area contributed by atoms with Gasteiger partial charge in [0.2, 0.25) is 0 Å². The Hall–Kier alpha value is -1.49.